The molecule has 2 rings (SSSR count). The van der Waals surface area contributed by atoms with Crippen LogP contribution in [0.4, 0.5) is 5.69 Å². The summed E-state index contributed by atoms with van der Waals surface area (Å²) in [5.74, 6) is 1.05. The average Bonchev–Trinajstić information content (AvgIpc) is 2.69. The van der Waals surface area contributed by atoms with Crippen molar-refractivity contribution >= 4 is 11.5 Å². The van der Waals surface area contributed by atoms with Gasteiger partial charge in [-0.25, -0.2) is 0 Å². The van der Waals surface area contributed by atoms with E-state index < -0.39 is 0 Å². The second-order valence-corrected chi connectivity index (χ2v) is 6.70. The summed E-state index contributed by atoms with van der Waals surface area (Å²) >= 11 is 0. The molecule has 0 fully saturated rings. The molecule has 0 spiro atoms. The van der Waals surface area contributed by atoms with Gasteiger partial charge in [0.25, 0.3) is 0 Å². The highest BCUT2D eigenvalue weighted by molar-refractivity contribution is 5.88. The Morgan fingerprint density at radius 1 is 0.923 bits per heavy atom. The molecule has 1 N–H and O–H groups in total. The number of hydrogen-bond donors (Lipinski definition) is 1. The van der Waals surface area contributed by atoms with Gasteiger partial charge >= 0.3 is 0 Å². The van der Waals surface area contributed by atoms with Gasteiger partial charge in [-0.05, 0) is 36.2 Å². The van der Waals surface area contributed by atoms with Crippen molar-refractivity contribution < 1.29 is 9.53 Å². The van der Waals surface area contributed by atoms with Crippen LogP contribution in [0.2, 0.25) is 0 Å². The van der Waals surface area contributed by atoms with Crippen LogP contribution in [0.3, 0.4) is 0 Å². The largest absolute Gasteiger partial charge is 0.497 e. The Labute approximate surface area is 157 Å². The number of para-hydroxylation sites is 1. The number of nitrogens with one attached hydrogen (secondary N) is 1. The van der Waals surface area contributed by atoms with E-state index in [1.807, 2.05) is 54.6 Å². The molecule has 1 atom stereocenters. The fourth-order valence-corrected chi connectivity index (χ4v) is 3.07. The number of Topliss-reactive ketones (excluding diaryl/α,β-unsaturated/α-hetero) is 1. The molecule has 1 unspecified atom stereocenters. The van der Waals surface area contributed by atoms with E-state index in [1.165, 1.54) is 25.7 Å². The summed E-state index contributed by atoms with van der Waals surface area (Å²) in [6, 6.07) is 17.4. The zero-order valence-electron chi connectivity index (χ0n) is 16.0. The van der Waals surface area contributed by atoms with Crippen molar-refractivity contribution in [2.24, 2.45) is 0 Å². The molecule has 0 saturated carbocycles. The maximum absolute atomic E-state index is 12.9. The van der Waals surface area contributed by atoms with Crippen molar-refractivity contribution in [2.45, 2.75) is 57.9 Å². The predicted molar refractivity (Wildman–Crippen MR) is 109 cm³/mol. The zero-order valence-corrected chi connectivity index (χ0v) is 16.0. The number of hydrogen-bond acceptors (Lipinski definition) is 3. The lowest BCUT2D eigenvalue weighted by molar-refractivity contribution is -0.120. The van der Waals surface area contributed by atoms with Crippen LogP contribution in [0.1, 0.15) is 63.5 Å². The van der Waals surface area contributed by atoms with Gasteiger partial charge in [-0.2, -0.15) is 0 Å². The Bertz CT molecular complexity index is 637. The van der Waals surface area contributed by atoms with E-state index in [9.17, 15) is 4.79 Å². The number of anilines is 1. The normalized spacial score (nSPS) is 11.8. The van der Waals surface area contributed by atoms with Gasteiger partial charge in [-0.15, -0.1) is 0 Å². The molecule has 140 valence electrons. The second kappa shape index (κ2) is 11.3. The summed E-state index contributed by atoms with van der Waals surface area (Å²) in [5.41, 5.74) is 1.94. The van der Waals surface area contributed by atoms with E-state index in [0.29, 0.717) is 6.42 Å². The van der Waals surface area contributed by atoms with Gasteiger partial charge in [0.15, 0.2) is 5.78 Å². The number of methoxy groups -OCH3 is 1. The van der Waals surface area contributed by atoms with E-state index >= 15 is 0 Å². The second-order valence-electron chi connectivity index (χ2n) is 6.70. The molecule has 0 aliphatic heterocycles. The minimum atomic E-state index is -0.320. The first-order valence-electron chi connectivity index (χ1n) is 9.73. The molecular weight excluding hydrogens is 322 g/mol. The van der Waals surface area contributed by atoms with Crippen LogP contribution in [0.5, 0.6) is 5.75 Å². The Kier molecular flexibility index (Phi) is 8.74. The maximum atomic E-state index is 12.9. The summed E-state index contributed by atoms with van der Waals surface area (Å²) < 4.78 is 5.23. The highest BCUT2D eigenvalue weighted by Crippen LogP contribution is 2.25. The first-order chi connectivity index (χ1) is 12.7. The van der Waals surface area contributed by atoms with Crippen molar-refractivity contribution in [1.82, 2.24) is 0 Å². The van der Waals surface area contributed by atoms with Crippen molar-refractivity contribution in [3.05, 3.63) is 60.2 Å². The van der Waals surface area contributed by atoms with E-state index in [4.69, 9.17) is 4.74 Å². The van der Waals surface area contributed by atoms with Crippen LogP contribution in [0.25, 0.3) is 0 Å². The average molecular weight is 354 g/mol. The molecule has 3 heteroatoms. The molecule has 26 heavy (non-hydrogen) atoms. The lowest BCUT2D eigenvalue weighted by atomic mass is 9.97. The quantitative estimate of drug-likeness (QED) is 0.464. The fourth-order valence-electron chi connectivity index (χ4n) is 3.07. The van der Waals surface area contributed by atoms with Crippen LogP contribution in [-0.2, 0) is 4.79 Å². The third kappa shape index (κ3) is 6.55. The summed E-state index contributed by atoms with van der Waals surface area (Å²) in [6.07, 6.45) is 7.74. The third-order valence-corrected chi connectivity index (χ3v) is 4.63. The van der Waals surface area contributed by atoms with Gasteiger partial charge in [0, 0.05) is 12.1 Å². The molecule has 2 aromatic carbocycles. The molecule has 0 radical (unpaired) electrons. The van der Waals surface area contributed by atoms with Crippen LogP contribution >= 0.6 is 0 Å². The van der Waals surface area contributed by atoms with E-state index in [2.05, 4.69) is 12.2 Å². The summed E-state index contributed by atoms with van der Waals surface area (Å²) in [6.45, 7) is 2.22. The number of ketones is 1. The minimum absolute atomic E-state index is 0.245. The van der Waals surface area contributed by atoms with Crippen molar-refractivity contribution in [3.63, 3.8) is 0 Å². The molecule has 0 saturated heterocycles. The van der Waals surface area contributed by atoms with Crippen LogP contribution in [0.15, 0.2) is 54.6 Å². The van der Waals surface area contributed by atoms with Gasteiger partial charge in [0.05, 0.1) is 7.11 Å². The molecule has 0 aliphatic rings. The van der Waals surface area contributed by atoms with Crippen molar-refractivity contribution in [2.75, 3.05) is 12.4 Å². The van der Waals surface area contributed by atoms with Gasteiger partial charge in [0.2, 0.25) is 0 Å². The summed E-state index contributed by atoms with van der Waals surface area (Å²) in [7, 11) is 1.65. The lowest BCUT2D eigenvalue weighted by Crippen LogP contribution is -2.21. The van der Waals surface area contributed by atoms with E-state index in [1.54, 1.807) is 7.11 Å². The lowest BCUT2D eigenvalue weighted by Gasteiger charge is -2.20. The zero-order chi connectivity index (χ0) is 18.6. The molecule has 2 aromatic rings. The molecule has 0 bridgehead atoms. The predicted octanol–water partition coefficient (Wildman–Crippen LogP) is 6.17. The Morgan fingerprint density at radius 3 is 2.23 bits per heavy atom. The van der Waals surface area contributed by atoms with E-state index in [-0.39, 0.29) is 11.8 Å². The van der Waals surface area contributed by atoms with E-state index in [0.717, 1.165) is 29.8 Å². The first-order valence-corrected chi connectivity index (χ1v) is 9.73. The van der Waals surface area contributed by atoms with Gasteiger partial charge in [0.1, 0.15) is 11.8 Å². The Balaban J connectivity index is 2.00. The van der Waals surface area contributed by atoms with Crippen molar-refractivity contribution in [3.8, 4) is 5.75 Å². The minimum Gasteiger partial charge on any atom is -0.497 e. The molecule has 0 heterocycles. The number of benzene rings is 2. The smallest absolute Gasteiger partial charge is 0.159 e. The first kappa shape index (κ1) is 20.0. The number of ether oxygens (including phenoxy) is 1. The van der Waals surface area contributed by atoms with Gasteiger partial charge in [-0.3, -0.25) is 4.79 Å². The Morgan fingerprint density at radius 2 is 1.58 bits per heavy atom. The summed E-state index contributed by atoms with van der Waals surface area (Å²) in [5, 5.41) is 3.40. The van der Waals surface area contributed by atoms with Gasteiger partial charge < -0.3 is 10.1 Å². The standard InChI is InChI=1S/C23H31NO2/c1-3-4-5-6-7-11-14-22(25)23(24-20-12-9-8-10-13-20)19-15-17-21(26-2)18-16-19/h8-10,12-13,15-18,23-24H,3-7,11,14H2,1-2H3. The van der Waals surface area contributed by atoms with Crippen molar-refractivity contribution in [1.29, 1.82) is 0 Å². The van der Waals surface area contributed by atoms with Crippen LogP contribution in [0, 0.1) is 0 Å². The van der Waals surface area contributed by atoms with Crippen LogP contribution in [-0.4, -0.2) is 12.9 Å². The molecule has 0 aliphatic carbocycles. The number of unbranched alkanes of at least 4 members (excludes halogenated alkanes) is 5. The Hall–Kier alpha value is -2.29. The van der Waals surface area contributed by atoms with Crippen LogP contribution < -0.4 is 10.1 Å². The molecule has 3 nitrogen and oxygen atoms in total. The summed E-state index contributed by atoms with van der Waals surface area (Å²) in [4.78, 5) is 12.9. The third-order valence-electron chi connectivity index (χ3n) is 4.63. The monoisotopic (exact) mass is 353 g/mol. The molecule has 0 aromatic heterocycles. The number of rotatable bonds is 12. The van der Waals surface area contributed by atoms with Gasteiger partial charge in [-0.1, -0.05) is 69.4 Å². The maximum Gasteiger partial charge on any atom is 0.159 e. The molecular formula is C23H31NO2. The highest BCUT2D eigenvalue weighted by Gasteiger charge is 2.20. The number of carbonyl (C=O) groups is 1. The highest BCUT2D eigenvalue weighted by atomic mass is 16.5. The molecule has 0 amide bonds. The fraction of sp³-hybridized carbons (Fsp3) is 0.435. The topological polar surface area (TPSA) is 38.3 Å². The number of carbonyl (C=O) groups excluding carboxylic acids is 1. The SMILES string of the molecule is CCCCCCCCC(=O)C(Nc1ccccc1)c1ccc(OC)cc1.